The summed E-state index contributed by atoms with van der Waals surface area (Å²) in [6, 6.07) is 20.7. The van der Waals surface area contributed by atoms with E-state index in [2.05, 4.69) is 73.3 Å². The molecule has 0 radical (unpaired) electrons. The lowest BCUT2D eigenvalue weighted by molar-refractivity contribution is 0.738. The maximum absolute atomic E-state index is 4.66. The van der Waals surface area contributed by atoms with E-state index in [9.17, 15) is 0 Å². The fourth-order valence-corrected chi connectivity index (χ4v) is 4.36. The molecule has 0 unspecified atom stereocenters. The number of hydrogen-bond acceptors (Lipinski definition) is 5. The number of aromatic amines is 1. The van der Waals surface area contributed by atoms with Gasteiger partial charge >= 0.3 is 0 Å². The van der Waals surface area contributed by atoms with Crippen molar-refractivity contribution < 1.29 is 0 Å². The molecule has 162 valence electrons. The molecular weight excluding hydrogens is 410 g/mol. The van der Waals surface area contributed by atoms with Gasteiger partial charge in [0.05, 0.1) is 28.8 Å². The highest BCUT2D eigenvalue weighted by Gasteiger charge is 2.14. The molecule has 0 aliphatic carbocycles. The van der Waals surface area contributed by atoms with Crippen LogP contribution in [0.5, 0.6) is 0 Å². The van der Waals surface area contributed by atoms with Gasteiger partial charge in [-0.05, 0) is 73.0 Å². The molecule has 1 aliphatic heterocycles. The van der Waals surface area contributed by atoms with Crippen molar-refractivity contribution in [3.8, 4) is 28.2 Å². The lowest BCUT2D eigenvalue weighted by Gasteiger charge is -2.14. The molecule has 5 aromatic rings. The van der Waals surface area contributed by atoms with Gasteiger partial charge in [-0.1, -0.05) is 35.6 Å². The van der Waals surface area contributed by atoms with Crippen LogP contribution < -0.4 is 5.32 Å². The monoisotopic (exact) mass is 433 g/mol. The molecule has 1 aliphatic rings. The maximum Gasteiger partial charge on any atom is 0.113 e. The van der Waals surface area contributed by atoms with Crippen LogP contribution in [0.4, 0.5) is 0 Å². The van der Waals surface area contributed by atoms with Gasteiger partial charge < -0.3 is 5.32 Å². The summed E-state index contributed by atoms with van der Waals surface area (Å²) in [7, 11) is 0. The summed E-state index contributed by atoms with van der Waals surface area (Å²) in [6.07, 6.45) is 5.16. The number of pyridine rings is 1. The number of rotatable bonds is 4. The van der Waals surface area contributed by atoms with E-state index in [-0.39, 0.29) is 0 Å². The zero-order chi connectivity index (χ0) is 22.2. The quantitative estimate of drug-likeness (QED) is 0.434. The van der Waals surface area contributed by atoms with Crippen molar-refractivity contribution in [1.29, 1.82) is 0 Å². The number of H-pyrrole nitrogens is 1. The zero-order valence-electron chi connectivity index (χ0n) is 18.3. The topological polar surface area (TPSA) is 84.3 Å². The summed E-state index contributed by atoms with van der Waals surface area (Å²) in [5.74, 6) is 0. The Morgan fingerprint density at radius 1 is 0.970 bits per heavy atom. The van der Waals surface area contributed by atoms with Crippen molar-refractivity contribution in [2.45, 2.75) is 13.3 Å². The summed E-state index contributed by atoms with van der Waals surface area (Å²) in [5, 5.41) is 19.6. The Morgan fingerprint density at radius 2 is 1.85 bits per heavy atom. The van der Waals surface area contributed by atoms with E-state index in [1.807, 2.05) is 42.1 Å². The summed E-state index contributed by atoms with van der Waals surface area (Å²) in [4.78, 5) is 4.66. The Bertz CT molecular complexity index is 1470. The molecule has 3 aromatic heterocycles. The summed E-state index contributed by atoms with van der Waals surface area (Å²) < 4.78 is 1.89. The van der Waals surface area contributed by atoms with Crippen LogP contribution in [-0.2, 0) is 0 Å². The zero-order valence-corrected chi connectivity index (χ0v) is 18.3. The Hall–Kier alpha value is -4.10. The van der Waals surface area contributed by atoms with Crippen LogP contribution in [-0.4, -0.2) is 43.3 Å². The minimum absolute atomic E-state index is 0.850. The predicted molar refractivity (Wildman–Crippen MR) is 130 cm³/mol. The summed E-state index contributed by atoms with van der Waals surface area (Å²) in [6.45, 7) is 3.95. The molecule has 33 heavy (non-hydrogen) atoms. The second-order valence-electron chi connectivity index (χ2n) is 8.26. The van der Waals surface area contributed by atoms with E-state index in [1.54, 1.807) is 0 Å². The molecule has 2 N–H and O–H groups in total. The van der Waals surface area contributed by atoms with Crippen LogP contribution >= 0.6 is 0 Å². The fourth-order valence-electron chi connectivity index (χ4n) is 4.36. The Kier molecular flexibility index (Phi) is 4.81. The summed E-state index contributed by atoms with van der Waals surface area (Å²) in [5.41, 5.74) is 10.2. The van der Waals surface area contributed by atoms with Crippen LogP contribution in [0, 0.1) is 6.92 Å². The molecule has 6 rings (SSSR count). The molecule has 4 heterocycles. The van der Waals surface area contributed by atoms with E-state index in [0.29, 0.717) is 0 Å². The van der Waals surface area contributed by atoms with Gasteiger partial charge in [0.1, 0.15) is 5.52 Å². The van der Waals surface area contributed by atoms with Gasteiger partial charge in [-0.15, -0.1) is 5.10 Å². The number of fused-ring (bicyclic) bond motifs is 1. The SMILES string of the molecule is Cc1cccc(-c2[nH]ncc2-c2ccc3nnn(-c4ccc(C5=CCNCC5)cc4)c3c2)n1. The van der Waals surface area contributed by atoms with Gasteiger partial charge in [-0.25, -0.2) is 4.68 Å². The van der Waals surface area contributed by atoms with E-state index < -0.39 is 0 Å². The van der Waals surface area contributed by atoms with Crippen molar-refractivity contribution in [1.82, 2.24) is 35.5 Å². The highest BCUT2D eigenvalue weighted by Crippen LogP contribution is 2.31. The molecular formula is C26H23N7. The van der Waals surface area contributed by atoms with Crippen LogP contribution in [0.3, 0.4) is 0 Å². The third kappa shape index (κ3) is 3.62. The standard InChI is InChI=1S/C26H23N7/c1-17-3-2-4-24(29-17)26-22(16-28-31-26)20-7-10-23-25(15-20)33(32-30-23)21-8-5-18(6-9-21)19-11-13-27-14-12-19/h2-11,15-16,27H,12-14H2,1H3,(H,28,31). The molecule has 7 heteroatoms. The average Bonchev–Trinajstić information content (AvgIpc) is 3.52. The number of nitrogens with one attached hydrogen (secondary N) is 2. The first kappa shape index (κ1) is 19.6. The van der Waals surface area contributed by atoms with Crippen molar-refractivity contribution in [2.75, 3.05) is 13.1 Å². The molecule has 0 saturated heterocycles. The molecule has 0 bridgehead atoms. The van der Waals surface area contributed by atoms with Crippen LogP contribution in [0.1, 0.15) is 17.7 Å². The second kappa shape index (κ2) is 8.11. The van der Waals surface area contributed by atoms with Crippen LogP contribution in [0.25, 0.3) is 44.8 Å². The Labute approximate surface area is 191 Å². The normalized spacial score (nSPS) is 13.9. The maximum atomic E-state index is 4.66. The van der Waals surface area contributed by atoms with Crippen molar-refractivity contribution >= 4 is 16.6 Å². The Morgan fingerprint density at radius 3 is 2.67 bits per heavy atom. The van der Waals surface area contributed by atoms with Gasteiger partial charge in [-0.2, -0.15) is 5.10 Å². The number of aromatic nitrogens is 6. The molecule has 0 amide bonds. The molecule has 2 aromatic carbocycles. The smallest absolute Gasteiger partial charge is 0.113 e. The van der Waals surface area contributed by atoms with E-state index in [1.165, 1.54) is 11.1 Å². The van der Waals surface area contributed by atoms with Crippen molar-refractivity contribution in [3.05, 3.63) is 84.2 Å². The molecule has 0 spiro atoms. The molecule has 0 saturated carbocycles. The Balaban J connectivity index is 1.39. The molecule has 0 fully saturated rings. The first-order valence-electron chi connectivity index (χ1n) is 11.1. The van der Waals surface area contributed by atoms with Gasteiger partial charge in [0.2, 0.25) is 0 Å². The third-order valence-corrected chi connectivity index (χ3v) is 6.09. The first-order chi connectivity index (χ1) is 16.3. The lowest BCUT2D eigenvalue weighted by atomic mass is 10.00. The van der Waals surface area contributed by atoms with Gasteiger partial charge in [-0.3, -0.25) is 10.1 Å². The minimum Gasteiger partial charge on any atom is -0.313 e. The predicted octanol–water partition coefficient (Wildman–Crippen LogP) is 4.56. The van der Waals surface area contributed by atoms with E-state index in [0.717, 1.165) is 64.4 Å². The van der Waals surface area contributed by atoms with Crippen LogP contribution in [0.2, 0.25) is 0 Å². The summed E-state index contributed by atoms with van der Waals surface area (Å²) >= 11 is 0. The van der Waals surface area contributed by atoms with Gasteiger partial charge in [0.15, 0.2) is 0 Å². The molecule has 7 nitrogen and oxygen atoms in total. The largest absolute Gasteiger partial charge is 0.313 e. The van der Waals surface area contributed by atoms with E-state index >= 15 is 0 Å². The van der Waals surface area contributed by atoms with Gasteiger partial charge in [0, 0.05) is 17.8 Å². The third-order valence-electron chi connectivity index (χ3n) is 6.09. The highest BCUT2D eigenvalue weighted by molar-refractivity contribution is 5.86. The number of hydrogen-bond donors (Lipinski definition) is 2. The number of nitrogens with zero attached hydrogens (tertiary/aromatic N) is 5. The number of aryl methyl sites for hydroxylation is 1. The van der Waals surface area contributed by atoms with Crippen LogP contribution in [0.15, 0.2) is 72.9 Å². The minimum atomic E-state index is 0.850. The van der Waals surface area contributed by atoms with E-state index in [4.69, 9.17) is 0 Å². The van der Waals surface area contributed by atoms with Gasteiger partial charge in [0.25, 0.3) is 0 Å². The second-order valence-corrected chi connectivity index (χ2v) is 8.26. The first-order valence-corrected chi connectivity index (χ1v) is 11.1. The molecule has 0 atom stereocenters. The highest BCUT2D eigenvalue weighted by atomic mass is 15.4. The average molecular weight is 434 g/mol. The van der Waals surface area contributed by atoms with Crippen molar-refractivity contribution in [3.63, 3.8) is 0 Å². The fraction of sp³-hybridized carbons (Fsp3) is 0.154. The number of benzene rings is 2. The van der Waals surface area contributed by atoms with Crippen molar-refractivity contribution in [2.24, 2.45) is 0 Å². The lowest BCUT2D eigenvalue weighted by Crippen LogP contribution is -2.19.